The summed E-state index contributed by atoms with van der Waals surface area (Å²) < 4.78 is 0. The molecule has 0 saturated heterocycles. The van der Waals surface area contributed by atoms with Gasteiger partial charge in [0, 0.05) is 6.04 Å². The van der Waals surface area contributed by atoms with Gasteiger partial charge in [0.15, 0.2) is 0 Å². The number of allylic oxidation sites excluding steroid dienone is 1. The Bertz CT molecular complexity index is 184. The van der Waals surface area contributed by atoms with E-state index in [1.807, 2.05) is 13.8 Å². The fourth-order valence-corrected chi connectivity index (χ4v) is 2.50. The van der Waals surface area contributed by atoms with Crippen LogP contribution in [0.1, 0.15) is 73.1 Å². The molecule has 1 aliphatic rings. The molecule has 1 nitrogen and oxygen atoms in total. The summed E-state index contributed by atoms with van der Waals surface area (Å²) in [5.41, 5.74) is 1.64. The minimum absolute atomic E-state index is 0.742. The molecule has 1 N–H and O–H groups in total. The molecule has 96 valence electrons. The molecule has 0 amide bonds. The Balaban J connectivity index is 0.00000106. The summed E-state index contributed by atoms with van der Waals surface area (Å²) in [6.07, 6.45) is 10.2. The SMILES string of the molecule is CC.CCCC1CC(CCC)C(CC)=CN1. The number of hydrogen-bond acceptors (Lipinski definition) is 1. The lowest BCUT2D eigenvalue weighted by Crippen LogP contribution is -2.32. The van der Waals surface area contributed by atoms with Crippen molar-refractivity contribution in [2.24, 2.45) is 5.92 Å². The normalized spacial score (nSPS) is 23.9. The lowest BCUT2D eigenvalue weighted by molar-refractivity contribution is 0.372. The summed E-state index contributed by atoms with van der Waals surface area (Å²) in [7, 11) is 0. The van der Waals surface area contributed by atoms with Crippen molar-refractivity contribution in [3.8, 4) is 0 Å². The molecule has 0 aromatic heterocycles. The van der Waals surface area contributed by atoms with Crippen LogP contribution in [0.4, 0.5) is 0 Å². The Labute approximate surface area is 103 Å². The van der Waals surface area contributed by atoms with Crippen molar-refractivity contribution >= 4 is 0 Å². The molecule has 1 heterocycles. The molecular formula is C15H31N. The smallest absolute Gasteiger partial charge is 0.0261 e. The summed E-state index contributed by atoms with van der Waals surface area (Å²) in [5.74, 6) is 0.864. The third-order valence-corrected chi connectivity index (χ3v) is 3.28. The molecule has 1 rings (SSSR count). The Hall–Kier alpha value is -0.460. The lowest BCUT2D eigenvalue weighted by Gasteiger charge is -2.30. The zero-order chi connectivity index (χ0) is 12.4. The van der Waals surface area contributed by atoms with Crippen LogP contribution in [-0.4, -0.2) is 6.04 Å². The first-order valence-corrected chi connectivity index (χ1v) is 7.26. The van der Waals surface area contributed by atoms with Gasteiger partial charge in [-0.15, -0.1) is 0 Å². The van der Waals surface area contributed by atoms with Crippen LogP contribution >= 0.6 is 0 Å². The standard InChI is InChI=1S/C13H25N.C2H6/c1-4-7-12-9-13(8-5-2)14-10-11(12)6-3;1-2/h10,12-14H,4-9H2,1-3H3;1-2H3. The molecule has 0 aromatic carbocycles. The third-order valence-electron chi connectivity index (χ3n) is 3.28. The predicted octanol–water partition coefficient (Wildman–Crippen LogP) is 4.88. The van der Waals surface area contributed by atoms with Gasteiger partial charge in [-0.05, 0) is 37.8 Å². The minimum Gasteiger partial charge on any atom is -0.388 e. The molecule has 2 atom stereocenters. The second kappa shape index (κ2) is 9.74. The molecular weight excluding hydrogens is 194 g/mol. The van der Waals surface area contributed by atoms with Crippen molar-refractivity contribution in [1.29, 1.82) is 0 Å². The van der Waals surface area contributed by atoms with E-state index < -0.39 is 0 Å². The maximum atomic E-state index is 3.55. The van der Waals surface area contributed by atoms with Crippen molar-refractivity contribution in [2.45, 2.75) is 79.2 Å². The predicted molar refractivity (Wildman–Crippen MR) is 74.6 cm³/mol. The van der Waals surface area contributed by atoms with Gasteiger partial charge in [-0.3, -0.25) is 0 Å². The maximum absolute atomic E-state index is 3.55. The minimum atomic E-state index is 0.742. The molecule has 2 unspecified atom stereocenters. The van der Waals surface area contributed by atoms with E-state index in [1.54, 1.807) is 5.57 Å². The highest BCUT2D eigenvalue weighted by Crippen LogP contribution is 2.28. The first kappa shape index (κ1) is 15.5. The van der Waals surface area contributed by atoms with Gasteiger partial charge in [-0.1, -0.05) is 53.0 Å². The molecule has 0 bridgehead atoms. The number of hydrogen-bond donors (Lipinski definition) is 1. The van der Waals surface area contributed by atoms with E-state index in [1.165, 1.54) is 38.5 Å². The quantitative estimate of drug-likeness (QED) is 0.703. The molecule has 0 spiro atoms. The molecule has 0 saturated carbocycles. The number of rotatable bonds is 5. The van der Waals surface area contributed by atoms with E-state index in [0.717, 1.165) is 12.0 Å². The molecule has 0 radical (unpaired) electrons. The van der Waals surface area contributed by atoms with E-state index in [-0.39, 0.29) is 0 Å². The highest BCUT2D eigenvalue weighted by molar-refractivity contribution is 5.10. The molecule has 16 heavy (non-hydrogen) atoms. The molecule has 0 aliphatic carbocycles. The van der Waals surface area contributed by atoms with Gasteiger partial charge >= 0.3 is 0 Å². The van der Waals surface area contributed by atoms with Crippen LogP contribution in [0.3, 0.4) is 0 Å². The summed E-state index contributed by atoms with van der Waals surface area (Å²) in [6, 6.07) is 0.742. The fourth-order valence-electron chi connectivity index (χ4n) is 2.50. The van der Waals surface area contributed by atoms with Gasteiger partial charge in [-0.25, -0.2) is 0 Å². The third kappa shape index (κ3) is 5.05. The van der Waals surface area contributed by atoms with Crippen LogP contribution in [0.25, 0.3) is 0 Å². The van der Waals surface area contributed by atoms with E-state index in [0.29, 0.717) is 0 Å². The molecule has 0 fully saturated rings. The van der Waals surface area contributed by atoms with Gasteiger partial charge < -0.3 is 5.32 Å². The second-order valence-corrected chi connectivity index (χ2v) is 4.45. The van der Waals surface area contributed by atoms with E-state index >= 15 is 0 Å². The first-order valence-electron chi connectivity index (χ1n) is 7.26. The van der Waals surface area contributed by atoms with E-state index in [2.05, 4.69) is 32.3 Å². The topological polar surface area (TPSA) is 12.0 Å². The van der Waals surface area contributed by atoms with Crippen molar-refractivity contribution in [2.75, 3.05) is 0 Å². The van der Waals surface area contributed by atoms with Crippen molar-refractivity contribution < 1.29 is 0 Å². The van der Waals surface area contributed by atoms with Crippen molar-refractivity contribution in [3.05, 3.63) is 11.8 Å². The van der Waals surface area contributed by atoms with Crippen LogP contribution < -0.4 is 5.32 Å². The number of nitrogens with one attached hydrogen (secondary N) is 1. The summed E-state index contributed by atoms with van der Waals surface area (Å²) in [4.78, 5) is 0. The molecule has 1 heteroatoms. The maximum Gasteiger partial charge on any atom is 0.0261 e. The first-order chi connectivity index (χ1) is 7.81. The monoisotopic (exact) mass is 225 g/mol. The van der Waals surface area contributed by atoms with E-state index in [4.69, 9.17) is 0 Å². The fraction of sp³-hybridized carbons (Fsp3) is 0.867. The largest absolute Gasteiger partial charge is 0.388 e. The Kier molecular flexibility index (Phi) is 9.46. The van der Waals surface area contributed by atoms with Gasteiger partial charge in [0.25, 0.3) is 0 Å². The molecule has 1 aliphatic heterocycles. The Morgan fingerprint density at radius 2 is 1.75 bits per heavy atom. The van der Waals surface area contributed by atoms with E-state index in [9.17, 15) is 0 Å². The average molecular weight is 225 g/mol. The van der Waals surface area contributed by atoms with Gasteiger partial charge in [0.1, 0.15) is 0 Å². The Morgan fingerprint density at radius 1 is 1.12 bits per heavy atom. The Morgan fingerprint density at radius 3 is 2.25 bits per heavy atom. The lowest BCUT2D eigenvalue weighted by atomic mass is 9.84. The zero-order valence-corrected chi connectivity index (χ0v) is 12.0. The summed E-state index contributed by atoms with van der Waals surface area (Å²) >= 11 is 0. The summed E-state index contributed by atoms with van der Waals surface area (Å²) in [6.45, 7) is 10.8. The van der Waals surface area contributed by atoms with Crippen molar-refractivity contribution in [1.82, 2.24) is 5.32 Å². The second-order valence-electron chi connectivity index (χ2n) is 4.45. The van der Waals surface area contributed by atoms with Crippen LogP contribution in [-0.2, 0) is 0 Å². The van der Waals surface area contributed by atoms with Gasteiger partial charge in [0.05, 0.1) is 0 Å². The van der Waals surface area contributed by atoms with Crippen LogP contribution in [0.15, 0.2) is 11.8 Å². The van der Waals surface area contributed by atoms with Gasteiger partial charge in [-0.2, -0.15) is 0 Å². The summed E-state index contributed by atoms with van der Waals surface area (Å²) in [5, 5.41) is 3.55. The van der Waals surface area contributed by atoms with Crippen LogP contribution in [0.2, 0.25) is 0 Å². The van der Waals surface area contributed by atoms with Crippen LogP contribution in [0.5, 0.6) is 0 Å². The van der Waals surface area contributed by atoms with Crippen LogP contribution in [0, 0.1) is 5.92 Å². The molecule has 0 aromatic rings. The zero-order valence-electron chi connectivity index (χ0n) is 12.0. The highest BCUT2D eigenvalue weighted by Gasteiger charge is 2.21. The van der Waals surface area contributed by atoms with Crippen molar-refractivity contribution in [3.63, 3.8) is 0 Å². The average Bonchev–Trinajstić information content (AvgIpc) is 2.33. The van der Waals surface area contributed by atoms with Gasteiger partial charge in [0.2, 0.25) is 0 Å². The highest BCUT2D eigenvalue weighted by atomic mass is 14.9.